The van der Waals surface area contributed by atoms with Crippen LogP contribution < -0.4 is 4.74 Å². The van der Waals surface area contributed by atoms with Gasteiger partial charge in [0, 0.05) is 31.1 Å². The summed E-state index contributed by atoms with van der Waals surface area (Å²) in [6.07, 6.45) is 2.55. The highest BCUT2D eigenvalue weighted by Crippen LogP contribution is 2.47. The lowest BCUT2D eigenvalue weighted by Gasteiger charge is -2.51. The van der Waals surface area contributed by atoms with E-state index in [1.54, 1.807) is 13.2 Å². The van der Waals surface area contributed by atoms with Crippen molar-refractivity contribution in [2.75, 3.05) is 26.7 Å². The van der Waals surface area contributed by atoms with Gasteiger partial charge in [0.05, 0.1) is 7.11 Å². The molecule has 4 aliphatic rings. The summed E-state index contributed by atoms with van der Waals surface area (Å²) < 4.78 is 5.19. The summed E-state index contributed by atoms with van der Waals surface area (Å²) in [5, 5.41) is 20.2. The van der Waals surface area contributed by atoms with Crippen LogP contribution in [-0.2, 0) is 6.54 Å². The Labute approximate surface area is 166 Å². The van der Waals surface area contributed by atoms with Crippen molar-refractivity contribution in [3.63, 3.8) is 0 Å². The van der Waals surface area contributed by atoms with Crippen LogP contribution in [0.3, 0.4) is 0 Å². The number of fused-ring (bicyclic) bond motifs is 2. The number of phenols is 2. The normalized spacial score (nSPS) is 31.7. The Kier molecular flexibility index (Phi) is 4.44. The van der Waals surface area contributed by atoms with Gasteiger partial charge in [0.15, 0.2) is 11.5 Å². The number of methoxy groups -OCH3 is 1. The topological polar surface area (TPSA) is 56.2 Å². The summed E-state index contributed by atoms with van der Waals surface area (Å²) in [6, 6.07) is 14.6. The third-order valence-corrected chi connectivity index (χ3v) is 7.02. The minimum atomic E-state index is 0.203. The quantitative estimate of drug-likeness (QED) is 0.853. The maximum atomic E-state index is 10.2. The highest BCUT2D eigenvalue weighted by atomic mass is 16.5. The van der Waals surface area contributed by atoms with Crippen LogP contribution in [0.2, 0.25) is 0 Å². The zero-order valence-electron chi connectivity index (χ0n) is 16.3. The second-order valence-corrected chi connectivity index (χ2v) is 8.49. The lowest BCUT2D eigenvalue weighted by atomic mass is 9.75. The molecule has 0 aromatic heterocycles. The van der Waals surface area contributed by atoms with E-state index in [-0.39, 0.29) is 5.75 Å². The van der Waals surface area contributed by atoms with Crippen LogP contribution in [0.15, 0.2) is 42.5 Å². The molecule has 3 unspecified atom stereocenters. The molecule has 2 N–H and O–H groups in total. The number of benzene rings is 2. The molecule has 148 valence electrons. The van der Waals surface area contributed by atoms with Gasteiger partial charge in [0.2, 0.25) is 0 Å². The monoisotopic (exact) mass is 380 g/mol. The molecular formula is C23H28N2O3. The number of piperidine rings is 3. The van der Waals surface area contributed by atoms with Gasteiger partial charge in [-0.15, -0.1) is 0 Å². The van der Waals surface area contributed by atoms with E-state index < -0.39 is 0 Å². The highest BCUT2D eigenvalue weighted by Gasteiger charge is 2.53. The van der Waals surface area contributed by atoms with Gasteiger partial charge in [-0.05, 0) is 67.2 Å². The van der Waals surface area contributed by atoms with Gasteiger partial charge in [-0.1, -0.05) is 18.2 Å². The van der Waals surface area contributed by atoms with Gasteiger partial charge in [-0.3, -0.25) is 9.80 Å². The predicted molar refractivity (Wildman–Crippen MR) is 108 cm³/mol. The first-order valence-electron chi connectivity index (χ1n) is 10.3. The molecule has 4 heterocycles. The maximum absolute atomic E-state index is 10.2. The summed E-state index contributed by atoms with van der Waals surface area (Å²) in [7, 11) is 1.58. The summed E-state index contributed by atoms with van der Waals surface area (Å²) in [5.41, 5.74) is 2.35. The second-order valence-electron chi connectivity index (χ2n) is 8.49. The first-order valence-corrected chi connectivity index (χ1v) is 10.3. The van der Waals surface area contributed by atoms with Gasteiger partial charge in [-0.25, -0.2) is 0 Å². The molecule has 0 amide bonds. The van der Waals surface area contributed by atoms with Crippen LogP contribution in [0.4, 0.5) is 0 Å². The van der Waals surface area contributed by atoms with E-state index in [4.69, 9.17) is 4.74 Å². The number of hydrogen-bond acceptors (Lipinski definition) is 5. The van der Waals surface area contributed by atoms with Crippen LogP contribution in [0.25, 0.3) is 0 Å². The van der Waals surface area contributed by atoms with Crippen LogP contribution in [-0.4, -0.2) is 58.8 Å². The van der Waals surface area contributed by atoms with Gasteiger partial charge in [-0.2, -0.15) is 0 Å². The molecule has 2 bridgehead atoms. The van der Waals surface area contributed by atoms with Gasteiger partial charge < -0.3 is 14.9 Å². The van der Waals surface area contributed by atoms with Crippen LogP contribution >= 0.6 is 0 Å². The Morgan fingerprint density at radius 2 is 1.86 bits per heavy atom. The number of aromatic hydroxyl groups is 2. The van der Waals surface area contributed by atoms with E-state index in [1.165, 1.54) is 31.5 Å². The highest BCUT2D eigenvalue weighted by molar-refractivity contribution is 5.42. The molecule has 0 radical (unpaired) electrons. The summed E-state index contributed by atoms with van der Waals surface area (Å²) in [4.78, 5) is 5.28. The first kappa shape index (κ1) is 17.8. The van der Waals surface area contributed by atoms with Crippen LogP contribution in [0.1, 0.15) is 29.9 Å². The molecule has 4 aliphatic heterocycles. The van der Waals surface area contributed by atoms with Crippen LogP contribution in [0, 0.1) is 5.92 Å². The minimum Gasteiger partial charge on any atom is -0.508 e. The van der Waals surface area contributed by atoms with E-state index in [0.717, 1.165) is 24.6 Å². The predicted octanol–water partition coefficient (Wildman–Crippen LogP) is 3.17. The van der Waals surface area contributed by atoms with E-state index in [9.17, 15) is 10.2 Å². The largest absolute Gasteiger partial charge is 0.508 e. The van der Waals surface area contributed by atoms with E-state index >= 15 is 0 Å². The number of hydrogen-bond donors (Lipinski definition) is 2. The van der Waals surface area contributed by atoms with Crippen LogP contribution in [0.5, 0.6) is 17.2 Å². The van der Waals surface area contributed by atoms with E-state index in [2.05, 4.69) is 21.9 Å². The third-order valence-electron chi connectivity index (χ3n) is 7.02. The Bertz CT molecular complexity index is 863. The Balaban J connectivity index is 1.46. The molecule has 0 saturated carbocycles. The molecule has 5 nitrogen and oxygen atoms in total. The van der Waals surface area contributed by atoms with Crippen molar-refractivity contribution in [1.82, 2.24) is 9.80 Å². The number of ether oxygens (including phenoxy) is 1. The summed E-state index contributed by atoms with van der Waals surface area (Å²) in [6.45, 7) is 4.20. The molecule has 2 aromatic rings. The van der Waals surface area contributed by atoms with Crippen molar-refractivity contribution in [2.24, 2.45) is 5.92 Å². The fourth-order valence-corrected chi connectivity index (χ4v) is 5.84. The molecule has 2 aromatic carbocycles. The van der Waals surface area contributed by atoms with Crippen molar-refractivity contribution in [3.05, 3.63) is 53.6 Å². The van der Waals surface area contributed by atoms with Crippen molar-refractivity contribution in [1.29, 1.82) is 0 Å². The number of likely N-dealkylation sites (tertiary alicyclic amines) is 1. The third kappa shape index (κ3) is 2.93. The lowest BCUT2D eigenvalue weighted by Crippen LogP contribution is -2.59. The van der Waals surface area contributed by atoms with Crippen molar-refractivity contribution in [2.45, 2.75) is 37.4 Å². The smallest absolute Gasteiger partial charge is 0.160 e. The zero-order valence-corrected chi connectivity index (χ0v) is 16.3. The number of rotatable bonds is 4. The fraction of sp³-hybridized carbons (Fsp3) is 0.478. The molecule has 5 heteroatoms. The SMILES string of the molecule is COc1ccc(CN2CC(c3cccc(O)c3)C3C2C2CCN3CC2)cc1O. The maximum Gasteiger partial charge on any atom is 0.160 e. The molecule has 0 aliphatic carbocycles. The zero-order chi connectivity index (χ0) is 19.3. The summed E-state index contributed by atoms with van der Waals surface area (Å²) >= 11 is 0. The lowest BCUT2D eigenvalue weighted by molar-refractivity contribution is -0.00871. The number of nitrogens with zero attached hydrogens (tertiary/aromatic N) is 2. The Hall–Kier alpha value is -2.24. The molecule has 4 saturated heterocycles. The van der Waals surface area contributed by atoms with E-state index in [0.29, 0.717) is 29.5 Å². The fourth-order valence-electron chi connectivity index (χ4n) is 5.84. The molecule has 4 fully saturated rings. The Morgan fingerprint density at radius 3 is 2.57 bits per heavy atom. The number of phenolic OH excluding ortho intramolecular Hbond substituents is 2. The van der Waals surface area contributed by atoms with Crippen molar-refractivity contribution in [3.8, 4) is 17.2 Å². The average Bonchev–Trinajstić information content (AvgIpc) is 3.11. The Morgan fingerprint density at radius 1 is 1.04 bits per heavy atom. The van der Waals surface area contributed by atoms with Gasteiger partial charge in [0.25, 0.3) is 0 Å². The molecule has 28 heavy (non-hydrogen) atoms. The minimum absolute atomic E-state index is 0.203. The van der Waals surface area contributed by atoms with Gasteiger partial charge in [0.1, 0.15) is 5.75 Å². The molecule has 0 spiro atoms. The standard InChI is InChI=1S/C23H28N2O3/c1-28-21-6-5-15(11-20(21)27)13-25-14-19(17-3-2-4-18(26)12-17)23-22(25)16-7-9-24(23)10-8-16/h2-6,11-12,16,19,22-23,26-27H,7-10,13-14H2,1H3. The van der Waals surface area contributed by atoms with E-state index in [1.807, 2.05) is 24.3 Å². The van der Waals surface area contributed by atoms with Crippen molar-refractivity contribution >= 4 is 0 Å². The average molecular weight is 380 g/mol. The second kappa shape index (κ2) is 6.98. The molecule has 3 atom stereocenters. The molecular weight excluding hydrogens is 352 g/mol. The summed E-state index contributed by atoms with van der Waals surface area (Å²) in [5.74, 6) is 2.22. The van der Waals surface area contributed by atoms with Gasteiger partial charge >= 0.3 is 0 Å². The molecule has 6 rings (SSSR count). The first-order chi connectivity index (χ1) is 13.6. The van der Waals surface area contributed by atoms with Crippen molar-refractivity contribution < 1.29 is 14.9 Å².